The standard InChI is InChI=1S/C10H13NO/c1-8(2)11-10(12-11)9-6-4-3-5-7-9/h3-8,10H,1-2H3. The largest absolute Gasteiger partial charge is 0.270 e. The lowest BCUT2D eigenvalue weighted by Gasteiger charge is -2.00. The Kier molecular flexibility index (Phi) is 1.87. The van der Waals surface area contributed by atoms with Crippen LogP contribution >= 0.6 is 0 Å². The number of nitrogens with zero attached hydrogens (tertiary/aromatic N) is 1. The third kappa shape index (κ3) is 1.36. The van der Waals surface area contributed by atoms with Crippen LogP contribution in [-0.2, 0) is 4.84 Å². The monoisotopic (exact) mass is 163 g/mol. The lowest BCUT2D eigenvalue weighted by Crippen LogP contribution is -2.08. The third-order valence-corrected chi connectivity index (χ3v) is 2.00. The van der Waals surface area contributed by atoms with Crippen LogP contribution in [0.2, 0.25) is 0 Å². The Morgan fingerprint density at radius 1 is 1.25 bits per heavy atom. The summed E-state index contributed by atoms with van der Waals surface area (Å²) in [6.07, 6.45) is 0.200. The molecule has 2 atom stereocenters. The van der Waals surface area contributed by atoms with Crippen LogP contribution in [0, 0.1) is 0 Å². The van der Waals surface area contributed by atoms with E-state index in [1.807, 2.05) is 23.3 Å². The first-order valence-electron chi connectivity index (χ1n) is 4.29. The summed E-state index contributed by atoms with van der Waals surface area (Å²) in [4.78, 5) is 5.40. The summed E-state index contributed by atoms with van der Waals surface area (Å²) in [5, 5.41) is 2.00. The summed E-state index contributed by atoms with van der Waals surface area (Å²) in [5.41, 5.74) is 1.24. The van der Waals surface area contributed by atoms with Gasteiger partial charge in [0.15, 0.2) is 6.23 Å². The molecule has 0 bridgehead atoms. The first-order chi connectivity index (χ1) is 5.79. The minimum atomic E-state index is 0.200. The van der Waals surface area contributed by atoms with Crippen molar-refractivity contribution in [3.05, 3.63) is 35.9 Å². The van der Waals surface area contributed by atoms with Crippen LogP contribution < -0.4 is 0 Å². The lowest BCUT2D eigenvalue weighted by atomic mass is 10.2. The van der Waals surface area contributed by atoms with E-state index in [0.29, 0.717) is 6.04 Å². The maximum Gasteiger partial charge on any atom is 0.180 e. The molecule has 0 spiro atoms. The van der Waals surface area contributed by atoms with Gasteiger partial charge < -0.3 is 0 Å². The maximum absolute atomic E-state index is 5.40. The zero-order chi connectivity index (χ0) is 8.55. The van der Waals surface area contributed by atoms with Crippen molar-refractivity contribution in [1.29, 1.82) is 0 Å². The summed E-state index contributed by atoms with van der Waals surface area (Å²) in [5.74, 6) is 0. The minimum absolute atomic E-state index is 0.200. The van der Waals surface area contributed by atoms with E-state index in [0.717, 1.165) is 0 Å². The van der Waals surface area contributed by atoms with Crippen LogP contribution in [-0.4, -0.2) is 11.1 Å². The highest BCUT2D eigenvalue weighted by atomic mass is 16.8. The number of hydrogen-bond donors (Lipinski definition) is 0. The smallest absolute Gasteiger partial charge is 0.180 e. The molecule has 1 aromatic rings. The molecule has 2 nitrogen and oxygen atoms in total. The SMILES string of the molecule is CC(C)N1OC1c1ccccc1. The first kappa shape index (κ1) is 7.77. The van der Waals surface area contributed by atoms with Crippen LogP contribution in [0.25, 0.3) is 0 Å². The second-order valence-corrected chi connectivity index (χ2v) is 3.32. The molecule has 2 unspecified atom stereocenters. The molecule has 1 aliphatic rings. The molecular weight excluding hydrogens is 150 g/mol. The highest BCUT2D eigenvalue weighted by molar-refractivity contribution is 5.18. The second kappa shape index (κ2) is 2.88. The molecule has 0 aromatic heterocycles. The molecular formula is C10H13NO. The predicted octanol–water partition coefficient (Wildman–Crippen LogP) is 2.34. The van der Waals surface area contributed by atoms with E-state index >= 15 is 0 Å². The van der Waals surface area contributed by atoms with Crippen molar-refractivity contribution >= 4 is 0 Å². The highest BCUT2D eigenvalue weighted by Crippen LogP contribution is 2.38. The summed E-state index contributed by atoms with van der Waals surface area (Å²) in [6.45, 7) is 4.26. The van der Waals surface area contributed by atoms with Gasteiger partial charge in [-0.3, -0.25) is 4.84 Å². The molecule has 2 rings (SSSR count). The lowest BCUT2D eigenvalue weighted by molar-refractivity contribution is 0.164. The molecule has 1 fully saturated rings. The quantitative estimate of drug-likeness (QED) is 0.622. The molecule has 2 heteroatoms. The van der Waals surface area contributed by atoms with Crippen LogP contribution in [0.3, 0.4) is 0 Å². The Balaban J connectivity index is 2.06. The van der Waals surface area contributed by atoms with Crippen molar-refractivity contribution in [3.63, 3.8) is 0 Å². The summed E-state index contributed by atoms with van der Waals surface area (Å²) >= 11 is 0. The number of benzene rings is 1. The van der Waals surface area contributed by atoms with E-state index in [9.17, 15) is 0 Å². The molecule has 1 aliphatic heterocycles. The van der Waals surface area contributed by atoms with Gasteiger partial charge in [-0.1, -0.05) is 30.3 Å². The van der Waals surface area contributed by atoms with Crippen LogP contribution in [0.5, 0.6) is 0 Å². The van der Waals surface area contributed by atoms with Crippen LogP contribution in [0.4, 0.5) is 0 Å². The molecule has 0 N–H and O–H groups in total. The molecule has 0 aliphatic carbocycles. The van der Waals surface area contributed by atoms with Crippen molar-refractivity contribution in [2.75, 3.05) is 0 Å². The summed E-state index contributed by atoms with van der Waals surface area (Å²) in [7, 11) is 0. The average molecular weight is 163 g/mol. The Labute approximate surface area is 72.7 Å². The normalized spacial score (nSPS) is 27.6. The van der Waals surface area contributed by atoms with E-state index in [4.69, 9.17) is 4.84 Å². The van der Waals surface area contributed by atoms with Gasteiger partial charge in [0, 0.05) is 6.04 Å². The molecule has 1 aromatic carbocycles. The van der Waals surface area contributed by atoms with Gasteiger partial charge in [0.1, 0.15) is 0 Å². The van der Waals surface area contributed by atoms with E-state index in [1.54, 1.807) is 0 Å². The first-order valence-corrected chi connectivity index (χ1v) is 4.29. The Bertz CT molecular complexity index is 258. The Morgan fingerprint density at radius 3 is 2.42 bits per heavy atom. The second-order valence-electron chi connectivity index (χ2n) is 3.32. The van der Waals surface area contributed by atoms with E-state index in [2.05, 4.69) is 26.0 Å². The zero-order valence-corrected chi connectivity index (χ0v) is 7.40. The van der Waals surface area contributed by atoms with Gasteiger partial charge in [-0.2, -0.15) is 0 Å². The number of rotatable bonds is 2. The maximum atomic E-state index is 5.40. The van der Waals surface area contributed by atoms with Crippen LogP contribution in [0.15, 0.2) is 30.3 Å². The van der Waals surface area contributed by atoms with Gasteiger partial charge in [0.05, 0.1) is 0 Å². The van der Waals surface area contributed by atoms with E-state index < -0.39 is 0 Å². The predicted molar refractivity (Wildman–Crippen MR) is 47.2 cm³/mol. The Hall–Kier alpha value is -0.860. The van der Waals surface area contributed by atoms with Crippen LogP contribution in [0.1, 0.15) is 25.6 Å². The number of hydrogen-bond acceptors (Lipinski definition) is 2. The molecule has 0 amide bonds. The van der Waals surface area contributed by atoms with E-state index in [1.165, 1.54) is 5.56 Å². The third-order valence-electron chi connectivity index (χ3n) is 2.00. The van der Waals surface area contributed by atoms with Crippen molar-refractivity contribution < 1.29 is 4.84 Å². The van der Waals surface area contributed by atoms with E-state index in [-0.39, 0.29) is 6.23 Å². The fourth-order valence-electron chi connectivity index (χ4n) is 1.31. The molecule has 0 saturated carbocycles. The zero-order valence-electron chi connectivity index (χ0n) is 7.40. The molecule has 1 saturated heterocycles. The van der Waals surface area contributed by atoms with Gasteiger partial charge in [-0.25, -0.2) is 0 Å². The fraction of sp³-hybridized carbons (Fsp3) is 0.400. The summed E-state index contributed by atoms with van der Waals surface area (Å²) < 4.78 is 0. The van der Waals surface area contributed by atoms with Crippen molar-refractivity contribution in [1.82, 2.24) is 5.06 Å². The van der Waals surface area contributed by atoms with Crippen molar-refractivity contribution in [2.45, 2.75) is 26.1 Å². The molecule has 0 radical (unpaired) electrons. The van der Waals surface area contributed by atoms with Crippen molar-refractivity contribution in [3.8, 4) is 0 Å². The highest BCUT2D eigenvalue weighted by Gasteiger charge is 2.39. The number of hydroxylamine groups is 2. The summed E-state index contributed by atoms with van der Waals surface area (Å²) in [6, 6.07) is 10.7. The van der Waals surface area contributed by atoms with Gasteiger partial charge in [-0.15, -0.1) is 5.06 Å². The fourth-order valence-corrected chi connectivity index (χ4v) is 1.31. The molecule has 12 heavy (non-hydrogen) atoms. The van der Waals surface area contributed by atoms with Gasteiger partial charge in [0.2, 0.25) is 0 Å². The van der Waals surface area contributed by atoms with Gasteiger partial charge in [0.25, 0.3) is 0 Å². The van der Waals surface area contributed by atoms with Gasteiger partial charge >= 0.3 is 0 Å². The average Bonchev–Trinajstić information content (AvgIpc) is 2.84. The van der Waals surface area contributed by atoms with Crippen molar-refractivity contribution in [2.24, 2.45) is 0 Å². The van der Waals surface area contributed by atoms with Gasteiger partial charge in [-0.05, 0) is 19.4 Å². The topological polar surface area (TPSA) is 15.5 Å². The molecule has 1 heterocycles. The molecule has 64 valence electrons. The Morgan fingerprint density at radius 2 is 1.92 bits per heavy atom. The minimum Gasteiger partial charge on any atom is -0.270 e.